The number of hydrogen-bond acceptors (Lipinski definition) is 0. The van der Waals surface area contributed by atoms with Crippen LogP contribution in [0.3, 0.4) is 0 Å². The summed E-state index contributed by atoms with van der Waals surface area (Å²) in [5.41, 5.74) is 12.4. The average molecular weight is 801 g/mol. The summed E-state index contributed by atoms with van der Waals surface area (Å²) in [5, 5.41) is 7.81. The molecule has 0 amide bonds. The van der Waals surface area contributed by atoms with Gasteiger partial charge >= 0.3 is 0 Å². The summed E-state index contributed by atoms with van der Waals surface area (Å²) >= 11 is 0. The maximum absolute atomic E-state index is 4.39. The highest BCUT2D eigenvalue weighted by atomic mass is 14.2. The van der Waals surface area contributed by atoms with Gasteiger partial charge in [0.2, 0.25) is 0 Å². The molecule has 6 aromatic rings. The van der Waals surface area contributed by atoms with Gasteiger partial charge in [-0.1, -0.05) is 243 Å². The Balaban J connectivity index is 0.00000226. The van der Waals surface area contributed by atoms with E-state index in [0.29, 0.717) is 0 Å². The van der Waals surface area contributed by atoms with Crippen LogP contribution in [0, 0.1) is 6.92 Å². The van der Waals surface area contributed by atoms with Crippen molar-refractivity contribution >= 4 is 37.9 Å². The lowest BCUT2D eigenvalue weighted by Crippen LogP contribution is -1.97. The Bertz CT molecular complexity index is 2280. The molecule has 0 N–H and O–H groups in total. The standard InChI is InChI=1S/C46H38.7C2H6/c1-5-6-7-16-31(2)37-19-8-9-20-39(32(37)3)40-26-15-25-38(33(40)4)36-18-14-17-34(29-36)35-27-28-45-43-23-11-10-21-41(43)42-22-12-13-24-44(42)46(45)30-35;7*1-2/h5-19,21-30H,2,20H2,1,3-4H3;7*1-2H3/b6-5-,16-7-;;;;;;;. The van der Waals surface area contributed by atoms with Gasteiger partial charge in [-0.05, 0) is 127 Å². The van der Waals surface area contributed by atoms with E-state index in [1.54, 1.807) is 0 Å². The first-order chi connectivity index (χ1) is 29.5. The van der Waals surface area contributed by atoms with Crippen molar-refractivity contribution in [1.29, 1.82) is 0 Å². The molecule has 0 saturated carbocycles. The van der Waals surface area contributed by atoms with E-state index in [4.69, 9.17) is 0 Å². The van der Waals surface area contributed by atoms with E-state index in [9.17, 15) is 0 Å². The third kappa shape index (κ3) is 13.5. The maximum atomic E-state index is 4.39. The molecule has 0 aromatic heterocycles. The summed E-state index contributed by atoms with van der Waals surface area (Å²) < 4.78 is 0. The molecule has 0 unspecified atom stereocenters. The summed E-state index contributed by atoms with van der Waals surface area (Å²) in [5.74, 6) is 0. The summed E-state index contributed by atoms with van der Waals surface area (Å²) in [7, 11) is 0. The first kappa shape index (κ1) is 54.5. The van der Waals surface area contributed by atoms with Crippen LogP contribution in [0.5, 0.6) is 0 Å². The van der Waals surface area contributed by atoms with Crippen molar-refractivity contribution in [2.75, 3.05) is 0 Å². The van der Waals surface area contributed by atoms with Crippen molar-refractivity contribution in [2.45, 2.75) is 124 Å². The molecule has 320 valence electrons. The van der Waals surface area contributed by atoms with Crippen LogP contribution in [0.15, 0.2) is 175 Å². The van der Waals surface area contributed by atoms with Gasteiger partial charge in [-0.15, -0.1) is 0 Å². The first-order valence-corrected chi connectivity index (χ1v) is 23.1. The van der Waals surface area contributed by atoms with Gasteiger partial charge in [0, 0.05) is 0 Å². The minimum Gasteiger partial charge on any atom is -0.0911 e. The molecule has 60 heavy (non-hydrogen) atoms. The summed E-state index contributed by atoms with van der Waals surface area (Å²) in [4.78, 5) is 0. The van der Waals surface area contributed by atoms with Gasteiger partial charge < -0.3 is 0 Å². The van der Waals surface area contributed by atoms with E-state index in [-0.39, 0.29) is 0 Å². The van der Waals surface area contributed by atoms with Gasteiger partial charge in [0.05, 0.1) is 0 Å². The van der Waals surface area contributed by atoms with Crippen LogP contribution < -0.4 is 0 Å². The van der Waals surface area contributed by atoms with Crippen molar-refractivity contribution in [3.8, 4) is 22.3 Å². The lowest BCUT2D eigenvalue weighted by molar-refractivity contribution is 1.29. The molecule has 0 fully saturated rings. The maximum Gasteiger partial charge on any atom is -0.00854 e. The van der Waals surface area contributed by atoms with Crippen LogP contribution in [0.2, 0.25) is 0 Å². The second-order valence-electron chi connectivity index (χ2n) is 12.1. The molecule has 1 aliphatic carbocycles. The molecule has 0 atom stereocenters. The van der Waals surface area contributed by atoms with Gasteiger partial charge in [-0.3, -0.25) is 0 Å². The lowest BCUT2D eigenvalue weighted by atomic mass is 9.86. The lowest BCUT2D eigenvalue weighted by Gasteiger charge is -2.18. The highest BCUT2D eigenvalue weighted by molar-refractivity contribution is 6.25. The Morgan fingerprint density at radius 2 is 0.950 bits per heavy atom. The number of benzene rings is 6. The summed E-state index contributed by atoms with van der Waals surface area (Å²) in [6.07, 6.45) is 15.7. The van der Waals surface area contributed by atoms with Crippen molar-refractivity contribution in [1.82, 2.24) is 0 Å². The van der Waals surface area contributed by atoms with E-state index in [2.05, 4.69) is 160 Å². The highest BCUT2D eigenvalue weighted by Gasteiger charge is 2.17. The molecule has 6 aromatic carbocycles. The van der Waals surface area contributed by atoms with Gasteiger partial charge in [0.15, 0.2) is 0 Å². The van der Waals surface area contributed by atoms with Crippen LogP contribution in [-0.2, 0) is 0 Å². The molecule has 7 rings (SSSR count). The Morgan fingerprint density at radius 1 is 0.483 bits per heavy atom. The minimum atomic E-state index is 0.891. The molecular weight excluding hydrogens is 721 g/mol. The second kappa shape index (κ2) is 31.5. The predicted molar refractivity (Wildman–Crippen MR) is 282 cm³/mol. The second-order valence-corrected chi connectivity index (χ2v) is 12.1. The zero-order valence-corrected chi connectivity index (χ0v) is 40.8. The number of fused-ring (bicyclic) bond motifs is 6. The van der Waals surface area contributed by atoms with Crippen LogP contribution in [0.1, 0.15) is 128 Å². The Hall–Kier alpha value is -5.46. The van der Waals surface area contributed by atoms with Crippen LogP contribution >= 0.6 is 0 Å². The largest absolute Gasteiger partial charge is 0.0911 e. The smallest absolute Gasteiger partial charge is 0.00854 e. The van der Waals surface area contributed by atoms with Crippen molar-refractivity contribution in [3.63, 3.8) is 0 Å². The molecule has 0 radical (unpaired) electrons. The molecule has 0 spiro atoms. The molecule has 0 saturated heterocycles. The Kier molecular flexibility index (Phi) is 28.6. The van der Waals surface area contributed by atoms with Gasteiger partial charge in [0.1, 0.15) is 0 Å². The van der Waals surface area contributed by atoms with Crippen molar-refractivity contribution < 1.29 is 0 Å². The monoisotopic (exact) mass is 801 g/mol. The van der Waals surface area contributed by atoms with Gasteiger partial charge in [-0.25, -0.2) is 0 Å². The molecular formula is C60H80. The van der Waals surface area contributed by atoms with Crippen LogP contribution in [-0.4, -0.2) is 0 Å². The Labute approximate surface area is 368 Å². The SMILES string of the molecule is C=C(/C=C\C=C/C)C1=CC=CCC(c2cccc(-c3cccc(-c4ccc5c6ccccc6c6ccccc6c5c4)c3)c2C)=C1C.CC.CC.CC.CC.CC.CC.CC. The van der Waals surface area contributed by atoms with Crippen molar-refractivity contribution in [2.24, 2.45) is 0 Å². The van der Waals surface area contributed by atoms with E-state index in [0.717, 1.165) is 12.0 Å². The van der Waals surface area contributed by atoms with E-state index >= 15 is 0 Å². The topological polar surface area (TPSA) is 0 Å². The third-order valence-electron chi connectivity index (χ3n) is 9.43. The quantitative estimate of drug-likeness (QED) is 0.116. The normalized spacial score (nSPS) is 11.2. The first-order valence-electron chi connectivity index (χ1n) is 23.1. The molecule has 0 aliphatic heterocycles. The fraction of sp³-hybridized carbons (Fsp3) is 0.300. The summed E-state index contributed by atoms with van der Waals surface area (Å²) in [6.45, 7) is 38.9. The van der Waals surface area contributed by atoms with Gasteiger partial charge in [-0.2, -0.15) is 0 Å². The van der Waals surface area contributed by atoms with E-state index < -0.39 is 0 Å². The highest BCUT2D eigenvalue weighted by Crippen LogP contribution is 2.40. The number of rotatable bonds is 6. The van der Waals surface area contributed by atoms with Crippen LogP contribution in [0.4, 0.5) is 0 Å². The van der Waals surface area contributed by atoms with Crippen LogP contribution in [0.25, 0.3) is 60.1 Å². The zero-order chi connectivity index (χ0) is 45.6. The Morgan fingerprint density at radius 3 is 1.50 bits per heavy atom. The number of allylic oxidation sites excluding steroid dienone is 11. The zero-order valence-electron chi connectivity index (χ0n) is 40.8. The fourth-order valence-corrected chi connectivity index (χ4v) is 7.05. The van der Waals surface area contributed by atoms with E-state index in [1.807, 2.05) is 116 Å². The predicted octanol–water partition coefficient (Wildman–Crippen LogP) is 20.3. The molecule has 0 nitrogen and oxygen atoms in total. The molecule has 0 heterocycles. The number of hydrogen-bond donors (Lipinski definition) is 0. The molecule has 0 heteroatoms. The molecule has 1 aliphatic rings. The fourth-order valence-electron chi connectivity index (χ4n) is 7.05. The third-order valence-corrected chi connectivity index (χ3v) is 9.43. The molecule has 0 bridgehead atoms. The summed E-state index contributed by atoms with van der Waals surface area (Å²) in [6, 6.07) is 40.3. The average Bonchev–Trinajstić information content (AvgIpc) is 3.54. The van der Waals surface area contributed by atoms with Gasteiger partial charge in [0.25, 0.3) is 0 Å². The van der Waals surface area contributed by atoms with E-state index in [1.165, 1.54) is 82.4 Å². The minimum absolute atomic E-state index is 0.891. The van der Waals surface area contributed by atoms with Crippen molar-refractivity contribution in [3.05, 3.63) is 186 Å².